The fourth-order valence-electron chi connectivity index (χ4n) is 2.20. The molecule has 2 unspecified atom stereocenters. The van der Waals surface area contributed by atoms with Gasteiger partial charge in [-0.25, -0.2) is 0 Å². The van der Waals surface area contributed by atoms with Gasteiger partial charge in [-0.05, 0) is 23.6 Å². The topological polar surface area (TPSA) is 38.9 Å². The van der Waals surface area contributed by atoms with Gasteiger partial charge in [0.25, 0.3) is 0 Å². The van der Waals surface area contributed by atoms with E-state index in [4.69, 9.17) is 5.73 Å². The van der Waals surface area contributed by atoms with Crippen molar-refractivity contribution in [1.29, 1.82) is 0 Å². The highest BCUT2D eigenvalue weighted by Gasteiger charge is 2.19. The fourth-order valence-corrected chi connectivity index (χ4v) is 2.20. The summed E-state index contributed by atoms with van der Waals surface area (Å²) in [6, 6.07) is 14.4. The Hall–Kier alpha value is -1.67. The maximum atomic E-state index is 6.34. The molecule has 0 bridgehead atoms. The Balaban J connectivity index is 2.25. The van der Waals surface area contributed by atoms with Gasteiger partial charge in [-0.3, -0.25) is 4.98 Å². The van der Waals surface area contributed by atoms with Crippen LogP contribution in [0.25, 0.3) is 0 Å². The van der Waals surface area contributed by atoms with Crippen LogP contribution < -0.4 is 5.73 Å². The van der Waals surface area contributed by atoms with E-state index in [2.05, 4.69) is 36.2 Å². The summed E-state index contributed by atoms with van der Waals surface area (Å²) in [7, 11) is 0. The quantitative estimate of drug-likeness (QED) is 0.869. The van der Waals surface area contributed by atoms with E-state index in [0.717, 1.165) is 12.0 Å². The Morgan fingerprint density at radius 1 is 1.06 bits per heavy atom. The molecule has 2 aromatic rings. The maximum Gasteiger partial charge on any atom is 0.0379 e. The predicted octanol–water partition coefficient (Wildman–Crippen LogP) is 3.28. The first kappa shape index (κ1) is 11.8. The third kappa shape index (κ3) is 2.71. The number of pyridine rings is 1. The second-order valence-electron chi connectivity index (χ2n) is 4.24. The van der Waals surface area contributed by atoms with Crippen LogP contribution in [0.4, 0.5) is 0 Å². The van der Waals surface area contributed by atoms with Crippen molar-refractivity contribution in [3.05, 3.63) is 66.0 Å². The summed E-state index contributed by atoms with van der Waals surface area (Å²) in [5.74, 6) is 0.348. The summed E-state index contributed by atoms with van der Waals surface area (Å²) < 4.78 is 0. The minimum Gasteiger partial charge on any atom is -0.323 e. The SMILES string of the molecule is CCC(c1ccccc1)C(N)c1cccnc1. The van der Waals surface area contributed by atoms with Gasteiger partial charge >= 0.3 is 0 Å². The van der Waals surface area contributed by atoms with Crippen molar-refractivity contribution in [2.75, 3.05) is 0 Å². The van der Waals surface area contributed by atoms with E-state index >= 15 is 0 Å². The largest absolute Gasteiger partial charge is 0.323 e. The van der Waals surface area contributed by atoms with Crippen LogP contribution in [0.15, 0.2) is 54.9 Å². The van der Waals surface area contributed by atoms with E-state index in [9.17, 15) is 0 Å². The van der Waals surface area contributed by atoms with Crippen LogP contribution in [0, 0.1) is 0 Å². The van der Waals surface area contributed by atoms with Crippen molar-refractivity contribution in [2.45, 2.75) is 25.3 Å². The molecule has 0 saturated heterocycles. The van der Waals surface area contributed by atoms with Crippen molar-refractivity contribution in [3.63, 3.8) is 0 Å². The van der Waals surface area contributed by atoms with E-state index in [1.165, 1.54) is 5.56 Å². The van der Waals surface area contributed by atoms with Crippen molar-refractivity contribution < 1.29 is 0 Å². The van der Waals surface area contributed by atoms with Gasteiger partial charge in [0.2, 0.25) is 0 Å². The number of hydrogen-bond acceptors (Lipinski definition) is 2. The highest BCUT2D eigenvalue weighted by Crippen LogP contribution is 2.31. The first-order valence-corrected chi connectivity index (χ1v) is 6.03. The van der Waals surface area contributed by atoms with Crippen LogP contribution in [0.3, 0.4) is 0 Å². The zero-order valence-electron chi connectivity index (χ0n) is 10.1. The highest BCUT2D eigenvalue weighted by molar-refractivity contribution is 5.25. The molecule has 2 N–H and O–H groups in total. The standard InChI is InChI=1S/C15H18N2/c1-2-14(12-7-4-3-5-8-12)15(16)13-9-6-10-17-11-13/h3-11,14-15H,2,16H2,1H3. The highest BCUT2D eigenvalue weighted by atomic mass is 14.7. The van der Waals surface area contributed by atoms with Gasteiger partial charge in [-0.1, -0.05) is 43.3 Å². The number of hydrogen-bond donors (Lipinski definition) is 1. The first-order valence-electron chi connectivity index (χ1n) is 6.03. The summed E-state index contributed by atoms with van der Waals surface area (Å²) in [5, 5.41) is 0. The molecule has 0 aliphatic heterocycles. The minimum atomic E-state index is 0.0103. The van der Waals surface area contributed by atoms with Gasteiger partial charge in [0.05, 0.1) is 0 Å². The second kappa shape index (κ2) is 5.60. The summed E-state index contributed by atoms with van der Waals surface area (Å²) in [6.45, 7) is 2.17. The summed E-state index contributed by atoms with van der Waals surface area (Å²) in [6.07, 6.45) is 4.66. The van der Waals surface area contributed by atoms with Gasteiger partial charge in [0.15, 0.2) is 0 Å². The smallest absolute Gasteiger partial charge is 0.0379 e. The molecule has 2 nitrogen and oxygen atoms in total. The molecule has 0 spiro atoms. The molecule has 0 fully saturated rings. The van der Waals surface area contributed by atoms with E-state index in [-0.39, 0.29) is 6.04 Å². The predicted molar refractivity (Wildman–Crippen MR) is 70.6 cm³/mol. The number of aromatic nitrogens is 1. The van der Waals surface area contributed by atoms with Crippen LogP contribution in [0.2, 0.25) is 0 Å². The number of nitrogens with zero attached hydrogens (tertiary/aromatic N) is 1. The van der Waals surface area contributed by atoms with Crippen LogP contribution >= 0.6 is 0 Å². The molecule has 0 aliphatic rings. The Kier molecular flexibility index (Phi) is 3.89. The lowest BCUT2D eigenvalue weighted by Crippen LogP contribution is -2.19. The van der Waals surface area contributed by atoms with E-state index in [1.54, 1.807) is 6.20 Å². The van der Waals surface area contributed by atoms with Gasteiger partial charge < -0.3 is 5.73 Å². The molecular formula is C15H18N2. The average Bonchev–Trinajstić information content (AvgIpc) is 2.42. The molecule has 0 radical (unpaired) electrons. The normalized spacial score (nSPS) is 14.2. The molecule has 1 aromatic carbocycles. The molecule has 0 saturated carbocycles. The van der Waals surface area contributed by atoms with Crippen molar-refractivity contribution in [2.24, 2.45) is 5.73 Å². The van der Waals surface area contributed by atoms with Crippen molar-refractivity contribution >= 4 is 0 Å². The molecule has 2 heteroatoms. The molecule has 17 heavy (non-hydrogen) atoms. The van der Waals surface area contributed by atoms with Crippen molar-refractivity contribution in [1.82, 2.24) is 4.98 Å². The molecular weight excluding hydrogens is 208 g/mol. The average molecular weight is 226 g/mol. The molecule has 0 amide bonds. The second-order valence-corrected chi connectivity index (χ2v) is 4.24. The van der Waals surface area contributed by atoms with E-state index in [1.807, 2.05) is 24.4 Å². The molecule has 1 heterocycles. The first-order chi connectivity index (χ1) is 8.33. The Morgan fingerprint density at radius 2 is 1.76 bits per heavy atom. The molecule has 88 valence electrons. The molecule has 1 aromatic heterocycles. The Morgan fingerprint density at radius 3 is 2.35 bits per heavy atom. The zero-order valence-corrected chi connectivity index (χ0v) is 10.1. The number of benzene rings is 1. The van der Waals surface area contributed by atoms with Gasteiger partial charge in [0.1, 0.15) is 0 Å². The number of nitrogens with two attached hydrogens (primary N) is 1. The summed E-state index contributed by atoms with van der Waals surface area (Å²) in [4.78, 5) is 4.14. The van der Waals surface area contributed by atoms with Gasteiger partial charge in [-0.15, -0.1) is 0 Å². The van der Waals surface area contributed by atoms with Crippen LogP contribution in [-0.4, -0.2) is 4.98 Å². The monoisotopic (exact) mass is 226 g/mol. The summed E-state index contributed by atoms with van der Waals surface area (Å²) >= 11 is 0. The molecule has 0 aliphatic carbocycles. The third-order valence-corrected chi connectivity index (χ3v) is 3.17. The summed E-state index contributed by atoms with van der Waals surface area (Å²) in [5.41, 5.74) is 8.74. The molecule has 2 atom stereocenters. The van der Waals surface area contributed by atoms with Crippen LogP contribution in [-0.2, 0) is 0 Å². The lowest BCUT2D eigenvalue weighted by molar-refractivity contribution is 0.538. The number of rotatable bonds is 4. The molecule has 2 rings (SSSR count). The lowest BCUT2D eigenvalue weighted by Gasteiger charge is -2.23. The van der Waals surface area contributed by atoms with E-state index in [0.29, 0.717) is 5.92 Å². The lowest BCUT2D eigenvalue weighted by atomic mass is 9.86. The Bertz CT molecular complexity index is 439. The van der Waals surface area contributed by atoms with Crippen molar-refractivity contribution in [3.8, 4) is 0 Å². The maximum absolute atomic E-state index is 6.34. The minimum absolute atomic E-state index is 0.0103. The van der Waals surface area contributed by atoms with Crippen LogP contribution in [0.5, 0.6) is 0 Å². The van der Waals surface area contributed by atoms with E-state index < -0.39 is 0 Å². The van der Waals surface area contributed by atoms with Gasteiger partial charge in [-0.2, -0.15) is 0 Å². The zero-order chi connectivity index (χ0) is 12.1. The fraction of sp³-hybridized carbons (Fsp3) is 0.267. The third-order valence-electron chi connectivity index (χ3n) is 3.17. The Labute approximate surface area is 103 Å². The van der Waals surface area contributed by atoms with Crippen LogP contribution in [0.1, 0.15) is 36.4 Å². The van der Waals surface area contributed by atoms with Gasteiger partial charge in [0, 0.05) is 24.4 Å².